The second-order valence-corrected chi connectivity index (χ2v) is 22.7. The fourth-order valence-corrected chi connectivity index (χ4v) is 12.6. The maximum Gasteiger partial charge on any atom is 0.490 e. The highest BCUT2D eigenvalue weighted by Crippen LogP contribution is 2.68. The fourth-order valence-electron chi connectivity index (χ4n) is 9.06. The highest BCUT2D eigenvalue weighted by Gasteiger charge is 2.53. The highest BCUT2D eigenvalue weighted by atomic mass is 31.3. The smallest absolute Gasteiger partial charge is 0.440 e. The van der Waals surface area contributed by atoms with Crippen LogP contribution in [0.4, 0.5) is 22.5 Å². The number of hydrogen-bond acceptors (Lipinski definition) is 28. The van der Waals surface area contributed by atoms with Crippen LogP contribution >= 0.6 is 23.5 Å². The average molecular weight is 1180 g/mol. The first kappa shape index (κ1) is 57.2. The average Bonchev–Trinajstić information content (AvgIpc) is 4.34. The number of ether oxygens (including phenoxy) is 5. The molecule has 0 bridgehead atoms. The van der Waals surface area contributed by atoms with E-state index < -0.39 is 146 Å². The number of phosphoric ester groups is 2. The summed E-state index contributed by atoms with van der Waals surface area (Å²) in [5.74, 6) is -2.38. The van der Waals surface area contributed by atoms with Gasteiger partial charge in [-0.25, -0.2) is 43.0 Å². The van der Waals surface area contributed by atoms with Gasteiger partial charge in [0.2, 0.25) is 23.6 Å². The van der Waals surface area contributed by atoms with Gasteiger partial charge in [0.05, 0.1) is 39.0 Å². The molecule has 430 valence electrons. The maximum absolute atomic E-state index is 13.5. The number of aryl methyl sites for hydroxylation is 1. The predicted octanol–water partition coefficient (Wildman–Crippen LogP) is -4.38. The third-order valence-corrected chi connectivity index (χ3v) is 16.9. The van der Waals surface area contributed by atoms with Gasteiger partial charge in [-0.2, -0.15) is 13.6 Å². The van der Waals surface area contributed by atoms with Gasteiger partial charge in [0.1, 0.15) is 48.5 Å². The van der Waals surface area contributed by atoms with Crippen LogP contribution in [0.1, 0.15) is 25.1 Å². The Kier molecular flexibility index (Phi) is 15.8. The number of fused-ring (bicyclic) bond motifs is 3. The zero-order chi connectivity index (χ0) is 57.2. The van der Waals surface area contributed by atoms with Crippen molar-refractivity contribution in [3.63, 3.8) is 0 Å². The van der Waals surface area contributed by atoms with Gasteiger partial charge in [-0.3, -0.25) is 47.1 Å². The molecule has 15 N–H and O–H groups in total. The van der Waals surface area contributed by atoms with Crippen LogP contribution in [0.15, 0.2) is 34.9 Å². The number of aromatic amines is 2. The zero-order valence-electron chi connectivity index (χ0n) is 41.3. The SMILES string of the molecule is CO[C@@H]1[C@H](OC(=O)NC[C@H]2O[C@@H](n3cnc4c(=O)[nH]c(N)nc43)[C@H](O)[C@@H]2O)[C@@H](COP(=O)(O)OP(=O)(O)OP(=O)(O)OC[C@H]2OC([n+]3cn(C)c4c(=O)[nH]c(N)nc43)[C@H](O)[C@@H]2CC(=O)N(C)C)O[C@H]1n1cnc2c(N)ncnc21. The van der Waals surface area contributed by atoms with Crippen molar-refractivity contribution in [3.8, 4) is 0 Å². The molecule has 9 heterocycles. The molecule has 9 rings (SSSR count). The van der Waals surface area contributed by atoms with Gasteiger partial charge in [-0.05, 0) is 0 Å². The first-order valence-corrected chi connectivity index (χ1v) is 27.4. The molecule has 2 amide bonds. The van der Waals surface area contributed by atoms with Crippen molar-refractivity contribution in [1.29, 1.82) is 0 Å². The van der Waals surface area contributed by atoms with E-state index in [2.05, 4.69) is 53.8 Å². The van der Waals surface area contributed by atoms with Gasteiger partial charge in [0, 0.05) is 40.1 Å². The van der Waals surface area contributed by atoms with E-state index in [4.69, 9.17) is 49.9 Å². The molecule has 15 atom stereocenters. The van der Waals surface area contributed by atoms with Gasteiger partial charge in [-0.15, -0.1) is 0 Å². The zero-order valence-corrected chi connectivity index (χ0v) is 44.0. The molecule has 39 nitrogen and oxygen atoms in total. The number of nitrogens with two attached hydrogens (primary N) is 3. The Bertz CT molecular complexity index is 3580. The molecule has 79 heavy (non-hydrogen) atoms. The van der Waals surface area contributed by atoms with Crippen molar-refractivity contribution in [1.82, 2.24) is 63.8 Å². The van der Waals surface area contributed by atoms with E-state index in [0.717, 1.165) is 17.2 Å². The van der Waals surface area contributed by atoms with Gasteiger partial charge in [0.25, 0.3) is 17.1 Å². The molecular weight excluding hydrogens is 1130 g/mol. The highest BCUT2D eigenvalue weighted by molar-refractivity contribution is 7.66. The van der Waals surface area contributed by atoms with Crippen LogP contribution in [0.25, 0.3) is 33.5 Å². The number of phosphoric acid groups is 3. The summed E-state index contributed by atoms with van der Waals surface area (Å²) in [6, 6.07) is 0. The Balaban J connectivity index is 0.867. The van der Waals surface area contributed by atoms with Gasteiger partial charge < -0.3 is 81.1 Å². The first-order valence-electron chi connectivity index (χ1n) is 23.0. The summed E-state index contributed by atoms with van der Waals surface area (Å²) < 4.78 is 92.4. The second-order valence-electron chi connectivity index (χ2n) is 18.1. The third kappa shape index (κ3) is 11.6. The maximum atomic E-state index is 13.5. The number of aromatic nitrogens is 12. The number of aliphatic hydroxyl groups excluding tert-OH is 3. The number of alkyl carbamates (subject to hydrolysis) is 1. The number of aliphatic hydroxyl groups is 3. The molecule has 3 fully saturated rings. The van der Waals surface area contributed by atoms with E-state index in [-0.39, 0.29) is 51.2 Å². The van der Waals surface area contributed by atoms with E-state index in [1.54, 1.807) is 0 Å². The molecule has 3 saturated heterocycles. The molecule has 0 aromatic carbocycles. The second kappa shape index (κ2) is 21.9. The van der Waals surface area contributed by atoms with Crippen molar-refractivity contribution in [2.45, 2.75) is 73.9 Å². The monoisotopic (exact) mass is 1180 g/mol. The molecule has 42 heteroatoms. The number of carbonyl (C=O) groups is 2. The van der Waals surface area contributed by atoms with E-state index in [1.165, 1.54) is 59.5 Å². The number of rotatable bonds is 19. The lowest BCUT2D eigenvalue weighted by Gasteiger charge is -2.24. The number of anilines is 3. The van der Waals surface area contributed by atoms with Crippen LogP contribution in [0.3, 0.4) is 0 Å². The van der Waals surface area contributed by atoms with Crippen LogP contribution in [-0.2, 0) is 66.9 Å². The number of amides is 2. The molecule has 0 radical (unpaired) electrons. The van der Waals surface area contributed by atoms with Crippen molar-refractivity contribution in [3.05, 3.63) is 46.0 Å². The fraction of sp³-hybridized carbons (Fsp3) is 0.541. The summed E-state index contributed by atoms with van der Waals surface area (Å²) in [6.07, 6.45) is -13.6. The van der Waals surface area contributed by atoms with E-state index >= 15 is 0 Å². The van der Waals surface area contributed by atoms with E-state index in [1.807, 2.05) is 0 Å². The number of hydrogen-bond donors (Lipinski definition) is 12. The standard InChI is InChI=1S/C37H50N17O22P3/c1-50(2)17(55)5-13-15(72-32(21(13)56)54-12-51(3)20-29(54)47-36(40)49-31(20)60)7-69-77(62,63)75-79(66,67)76-78(64,65)70-8-16-24(25(68-4)34(73-16)52-10-44-18-26(38)42-9-43-27(18)52)74-37(61)41-6-14-22(57)23(58)33(71-14)53-11-45-19-28(53)46-35(39)48-30(19)59/h9-16,21-25,32-34,56-58H,5-8H2,1-4H3,(H11-,38,39,40,41,42,43,46,47,48,49,59,60,61,62,63,64,65,66,67)/p+1/t13-,14-,15-,16-,21-,22-,23-,24-,25-,32?,33-,34-/m1/s1. The van der Waals surface area contributed by atoms with Crippen molar-refractivity contribution < 1.29 is 99.2 Å². The third-order valence-electron chi connectivity index (χ3n) is 12.7. The summed E-state index contributed by atoms with van der Waals surface area (Å²) in [4.78, 5) is 113. The summed E-state index contributed by atoms with van der Waals surface area (Å²) in [5.41, 5.74) is 15.9. The largest absolute Gasteiger partial charge is 0.490 e. The number of imidazole rings is 3. The number of methoxy groups -OCH3 is 1. The topological polar surface area (TPSA) is 545 Å². The van der Waals surface area contributed by atoms with Crippen molar-refractivity contribution in [2.75, 3.05) is 58.2 Å². The summed E-state index contributed by atoms with van der Waals surface area (Å²) in [7, 11) is -12.5. The summed E-state index contributed by atoms with van der Waals surface area (Å²) >= 11 is 0. The summed E-state index contributed by atoms with van der Waals surface area (Å²) in [6.45, 7) is -2.75. The Labute approximate surface area is 439 Å². The molecule has 3 aliphatic heterocycles. The number of nitrogens with zero attached hydrogens (tertiary/aromatic N) is 11. The van der Waals surface area contributed by atoms with Crippen molar-refractivity contribution >= 4 is 86.7 Å². The van der Waals surface area contributed by atoms with E-state index in [0.29, 0.717) is 0 Å². The molecule has 0 aliphatic carbocycles. The van der Waals surface area contributed by atoms with Crippen LogP contribution < -0.4 is 38.2 Å². The quantitative estimate of drug-likeness (QED) is 0.0269. The lowest BCUT2D eigenvalue weighted by atomic mass is 9.94. The van der Waals surface area contributed by atoms with Crippen LogP contribution in [0, 0.1) is 5.92 Å². The van der Waals surface area contributed by atoms with Crippen LogP contribution in [0.2, 0.25) is 0 Å². The van der Waals surface area contributed by atoms with E-state index in [9.17, 15) is 62.9 Å². The van der Waals surface area contributed by atoms with Gasteiger partial charge >= 0.3 is 35.2 Å². The predicted molar refractivity (Wildman–Crippen MR) is 257 cm³/mol. The Morgan fingerprint density at radius 1 is 0.785 bits per heavy atom. The molecule has 0 spiro atoms. The molecule has 6 aromatic heterocycles. The first-order chi connectivity index (χ1) is 37.2. The molecular formula is C37H51N17O22P3+. The minimum absolute atomic E-state index is 0.00202. The minimum atomic E-state index is -6.19. The van der Waals surface area contributed by atoms with Gasteiger partial charge in [0.15, 0.2) is 47.5 Å². The lowest BCUT2D eigenvalue weighted by Crippen LogP contribution is -2.45. The Morgan fingerprint density at radius 3 is 2.08 bits per heavy atom. The van der Waals surface area contributed by atoms with Crippen LogP contribution in [-0.4, -0.2) is 190 Å². The summed E-state index contributed by atoms with van der Waals surface area (Å²) in [5, 5.41) is 35.6. The number of H-pyrrole nitrogens is 2. The molecule has 3 aliphatic rings. The number of carbonyl (C=O) groups excluding carboxylic acids is 2. The lowest BCUT2D eigenvalue weighted by molar-refractivity contribution is -0.745. The Morgan fingerprint density at radius 2 is 1.41 bits per heavy atom. The molecule has 6 aromatic rings. The Hall–Kier alpha value is -6.48. The number of nitrogen functional groups attached to an aromatic ring is 3. The minimum Gasteiger partial charge on any atom is -0.440 e. The van der Waals surface area contributed by atoms with Crippen LogP contribution in [0.5, 0.6) is 0 Å². The number of nitrogens with one attached hydrogen (secondary N) is 3. The van der Waals surface area contributed by atoms with Crippen molar-refractivity contribution in [2.24, 2.45) is 13.0 Å². The molecule has 0 saturated carbocycles. The molecule has 4 unspecified atom stereocenters. The van der Waals surface area contributed by atoms with Gasteiger partial charge in [-0.1, -0.05) is 4.98 Å². The normalized spacial score (nSPS) is 28.5.